The van der Waals surface area contributed by atoms with Crippen LogP contribution in [0.25, 0.3) is 11.1 Å². The highest BCUT2D eigenvalue weighted by Crippen LogP contribution is 2.44. The van der Waals surface area contributed by atoms with Gasteiger partial charge in [0, 0.05) is 12.5 Å². The molecule has 41 heavy (non-hydrogen) atoms. The van der Waals surface area contributed by atoms with Crippen molar-refractivity contribution in [2.45, 2.75) is 56.6 Å². The van der Waals surface area contributed by atoms with Crippen LogP contribution in [0.1, 0.15) is 42.4 Å². The van der Waals surface area contributed by atoms with E-state index in [1.807, 2.05) is 66.7 Å². The zero-order valence-electron chi connectivity index (χ0n) is 22.8. The Morgan fingerprint density at radius 3 is 2.20 bits per heavy atom. The third kappa shape index (κ3) is 6.75. The van der Waals surface area contributed by atoms with Crippen LogP contribution in [0, 0.1) is 0 Å². The van der Waals surface area contributed by atoms with Gasteiger partial charge >= 0.3 is 12.1 Å². The first kappa shape index (κ1) is 28.3. The van der Waals surface area contributed by atoms with Gasteiger partial charge in [0.1, 0.15) is 12.6 Å². The molecule has 1 aliphatic carbocycles. The summed E-state index contributed by atoms with van der Waals surface area (Å²) < 4.78 is 17.1. The van der Waals surface area contributed by atoms with Crippen molar-refractivity contribution in [2.24, 2.45) is 0 Å². The van der Waals surface area contributed by atoms with Gasteiger partial charge in [-0.1, -0.05) is 78.9 Å². The number of carboxylic acids is 1. The molecule has 2 unspecified atom stereocenters. The lowest BCUT2D eigenvalue weighted by molar-refractivity contribution is -0.149. The predicted octanol–water partition coefficient (Wildman–Crippen LogP) is 4.25. The Kier molecular flexibility index (Phi) is 8.96. The number of rotatable bonds is 11. The fourth-order valence-corrected chi connectivity index (χ4v) is 5.42. The van der Waals surface area contributed by atoms with E-state index in [2.05, 4.69) is 22.8 Å². The molecule has 0 bridgehead atoms. The number of carboxylic acid groups (broad SMARTS) is 1. The van der Waals surface area contributed by atoms with Gasteiger partial charge in [-0.3, -0.25) is 4.79 Å². The number of alkyl carbamates (subject to hydrolysis) is 1. The fraction of sp³-hybridized carbons (Fsp3) is 0.344. The lowest BCUT2D eigenvalue weighted by Crippen LogP contribution is -2.54. The number of nitrogens with one attached hydrogen (secondary N) is 2. The number of carbonyl (C=O) groups is 3. The zero-order valence-corrected chi connectivity index (χ0v) is 22.8. The van der Waals surface area contributed by atoms with Crippen LogP contribution in [-0.2, 0) is 30.4 Å². The first-order valence-electron chi connectivity index (χ1n) is 13.8. The highest BCUT2D eigenvalue weighted by atomic mass is 16.6. The molecule has 1 fully saturated rings. The number of hydrogen-bond donors (Lipinski definition) is 3. The second-order valence-corrected chi connectivity index (χ2v) is 10.4. The molecule has 214 valence electrons. The van der Waals surface area contributed by atoms with Gasteiger partial charge in [-0.05, 0) is 47.6 Å². The third-order valence-corrected chi connectivity index (χ3v) is 7.61. The van der Waals surface area contributed by atoms with Crippen molar-refractivity contribution in [2.75, 3.05) is 13.2 Å². The van der Waals surface area contributed by atoms with E-state index >= 15 is 0 Å². The normalized spacial score (nSPS) is 19.0. The molecular formula is C32H34N2O7. The van der Waals surface area contributed by atoms with Gasteiger partial charge in [0.25, 0.3) is 0 Å². The van der Waals surface area contributed by atoms with Crippen LogP contribution in [0.15, 0.2) is 78.9 Å². The third-order valence-electron chi connectivity index (χ3n) is 7.61. The van der Waals surface area contributed by atoms with Gasteiger partial charge in [-0.15, -0.1) is 0 Å². The molecule has 5 rings (SSSR count). The van der Waals surface area contributed by atoms with Gasteiger partial charge in [0.15, 0.2) is 6.10 Å². The first-order chi connectivity index (χ1) is 19.9. The maximum Gasteiger partial charge on any atom is 0.407 e. The monoisotopic (exact) mass is 558 g/mol. The summed E-state index contributed by atoms with van der Waals surface area (Å²) in [6.45, 7) is 2.20. The van der Waals surface area contributed by atoms with Crippen LogP contribution in [0.3, 0.4) is 0 Å². The number of fused-ring (bicyclic) bond motifs is 3. The quantitative estimate of drug-likeness (QED) is 0.322. The minimum atomic E-state index is -1.05. The van der Waals surface area contributed by atoms with Crippen LogP contribution < -0.4 is 10.6 Å². The van der Waals surface area contributed by atoms with Gasteiger partial charge in [0.2, 0.25) is 5.91 Å². The van der Waals surface area contributed by atoms with E-state index < -0.39 is 42.3 Å². The second-order valence-electron chi connectivity index (χ2n) is 10.4. The molecule has 0 radical (unpaired) electrons. The minimum Gasteiger partial charge on any atom is -0.479 e. The molecule has 2 aliphatic rings. The predicted molar refractivity (Wildman–Crippen MR) is 151 cm³/mol. The Bertz CT molecular complexity index is 1330. The summed E-state index contributed by atoms with van der Waals surface area (Å²) in [5, 5.41) is 14.6. The van der Waals surface area contributed by atoms with E-state index in [1.54, 1.807) is 6.92 Å². The molecule has 1 saturated heterocycles. The molecule has 1 heterocycles. The van der Waals surface area contributed by atoms with Gasteiger partial charge < -0.3 is 30.0 Å². The van der Waals surface area contributed by atoms with E-state index in [0.717, 1.165) is 27.8 Å². The van der Waals surface area contributed by atoms with Crippen molar-refractivity contribution in [3.63, 3.8) is 0 Å². The van der Waals surface area contributed by atoms with Crippen LogP contribution >= 0.6 is 0 Å². The van der Waals surface area contributed by atoms with E-state index in [-0.39, 0.29) is 25.7 Å². The lowest BCUT2D eigenvalue weighted by Gasteiger charge is -2.25. The number of benzene rings is 3. The summed E-state index contributed by atoms with van der Waals surface area (Å²) in [5.41, 5.74) is 5.35. The fourth-order valence-electron chi connectivity index (χ4n) is 5.42. The van der Waals surface area contributed by atoms with E-state index in [4.69, 9.17) is 19.3 Å². The molecule has 3 N–H and O–H groups in total. The van der Waals surface area contributed by atoms with E-state index in [1.165, 1.54) is 0 Å². The van der Waals surface area contributed by atoms with Crippen LogP contribution in [0.4, 0.5) is 4.79 Å². The smallest absolute Gasteiger partial charge is 0.407 e. The largest absolute Gasteiger partial charge is 0.479 e. The van der Waals surface area contributed by atoms with Crippen molar-refractivity contribution in [1.29, 1.82) is 0 Å². The second kappa shape index (κ2) is 13.0. The summed E-state index contributed by atoms with van der Waals surface area (Å²) in [7, 11) is 0. The van der Waals surface area contributed by atoms with Crippen LogP contribution in [-0.4, -0.2) is 60.6 Å². The van der Waals surface area contributed by atoms with Crippen LogP contribution in [0.2, 0.25) is 0 Å². The zero-order chi connectivity index (χ0) is 28.8. The molecule has 3 aromatic carbocycles. The maximum absolute atomic E-state index is 13.3. The summed E-state index contributed by atoms with van der Waals surface area (Å²) in [5.74, 6) is -1.60. The molecule has 3 aromatic rings. The molecule has 2 amide bonds. The number of amides is 2. The number of hydrogen-bond acceptors (Lipinski definition) is 6. The Morgan fingerprint density at radius 2 is 1.56 bits per heavy atom. The molecule has 0 saturated carbocycles. The summed E-state index contributed by atoms with van der Waals surface area (Å²) in [6.07, 6.45) is -1.82. The molecule has 9 nitrogen and oxygen atoms in total. The van der Waals surface area contributed by atoms with E-state index in [0.29, 0.717) is 12.8 Å². The summed E-state index contributed by atoms with van der Waals surface area (Å²) in [6, 6.07) is 24.6. The van der Waals surface area contributed by atoms with Gasteiger partial charge in [-0.25, -0.2) is 9.59 Å². The van der Waals surface area contributed by atoms with Crippen molar-refractivity contribution in [1.82, 2.24) is 10.6 Å². The standard InChI is InChI=1S/C32H34N2O7/c1-20(39-18-21-9-3-2-4-10-21)29(30(35)33-17-22-15-16-28(41-22)31(36)37)34-32(38)40-19-27-25-13-7-5-11-23(25)24-12-6-8-14-26(24)27/h2-14,20,22,27-29H,15-19H2,1H3,(H,33,35)(H,34,38)(H,36,37)/t20-,22?,28?,29+/m0/s1. The summed E-state index contributed by atoms with van der Waals surface area (Å²) >= 11 is 0. The number of carbonyl (C=O) groups excluding carboxylic acids is 2. The molecule has 0 aromatic heterocycles. The Labute approximate surface area is 238 Å². The molecule has 4 atom stereocenters. The molecule has 0 spiro atoms. The topological polar surface area (TPSA) is 123 Å². The molecular weight excluding hydrogens is 524 g/mol. The van der Waals surface area contributed by atoms with Crippen molar-refractivity contribution in [3.05, 3.63) is 95.6 Å². The highest BCUT2D eigenvalue weighted by molar-refractivity contribution is 5.86. The Morgan fingerprint density at radius 1 is 0.927 bits per heavy atom. The molecule has 9 heteroatoms. The van der Waals surface area contributed by atoms with Crippen molar-refractivity contribution >= 4 is 18.0 Å². The Hall–Kier alpha value is -4.21. The average molecular weight is 559 g/mol. The Balaban J connectivity index is 1.22. The van der Waals surface area contributed by atoms with E-state index in [9.17, 15) is 14.4 Å². The summed E-state index contributed by atoms with van der Waals surface area (Å²) in [4.78, 5) is 37.5. The SMILES string of the molecule is C[C@H](OCc1ccccc1)[C@@H](NC(=O)OCC1c2ccccc2-c2ccccc21)C(=O)NCC1CCC(C(=O)O)O1. The van der Waals surface area contributed by atoms with Crippen molar-refractivity contribution in [3.8, 4) is 11.1 Å². The maximum atomic E-state index is 13.3. The van der Waals surface area contributed by atoms with Crippen molar-refractivity contribution < 1.29 is 33.7 Å². The minimum absolute atomic E-state index is 0.111. The van der Waals surface area contributed by atoms with Gasteiger partial charge in [0.05, 0.1) is 18.8 Å². The number of aliphatic carboxylic acids is 1. The highest BCUT2D eigenvalue weighted by Gasteiger charge is 2.34. The molecule has 1 aliphatic heterocycles. The lowest BCUT2D eigenvalue weighted by atomic mass is 9.98. The number of ether oxygens (including phenoxy) is 3. The van der Waals surface area contributed by atoms with Crippen LogP contribution in [0.5, 0.6) is 0 Å². The average Bonchev–Trinajstić information content (AvgIpc) is 3.60. The van der Waals surface area contributed by atoms with Gasteiger partial charge in [-0.2, -0.15) is 0 Å². The first-order valence-corrected chi connectivity index (χ1v) is 13.8.